The van der Waals surface area contributed by atoms with Crippen molar-refractivity contribution in [3.05, 3.63) is 87.9 Å². The topological polar surface area (TPSA) is 163 Å². The van der Waals surface area contributed by atoms with Crippen LogP contribution < -0.4 is 0 Å². The van der Waals surface area contributed by atoms with Crippen molar-refractivity contribution in [3.8, 4) is 12.3 Å². The van der Waals surface area contributed by atoms with Gasteiger partial charge in [0.15, 0.2) is 0 Å². The van der Waals surface area contributed by atoms with Crippen LogP contribution in [0.5, 0.6) is 0 Å². The summed E-state index contributed by atoms with van der Waals surface area (Å²) in [5.41, 5.74) is 1.53. The second-order valence-electron chi connectivity index (χ2n) is 4.49. The fourth-order valence-electron chi connectivity index (χ4n) is 1.79. The van der Waals surface area contributed by atoms with Gasteiger partial charge in [-0.15, -0.1) is 6.42 Å². The molecule has 0 aliphatic rings. The van der Waals surface area contributed by atoms with Crippen LogP contribution in [0.4, 0.5) is 0 Å². The van der Waals surface area contributed by atoms with Crippen LogP contribution in [-0.2, 0) is 75.8 Å². The Labute approximate surface area is 215 Å². The Kier molecular flexibility index (Phi) is 69.8. The third-order valence-corrected chi connectivity index (χ3v) is 3.43. The van der Waals surface area contributed by atoms with E-state index in [-0.39, 0.29) is 39.5 Å². The van der Waals surface area contributed by atoms with Crippen LogP contribution in [0, 0.1) is 52.2 Å². The first-order valence-electron chi connectivity index (χ1n) is 7.13. The van der Waals surface area contributed by atoms with Crippen LogP contribution in [-0.4, -0.2) is 20.8 Å². The van der Waals surface area contributed by atoms with E-state index >= 15 is 0 Å². The maximum Gasteiger partial charge on any atom is 0 e. The molecular weight excluding hydrogens is 546 g/mol. The van der Waals surface area contributed by atoms with Crippen molar-refractivity contribution in [3.63, 3.8) is 0 Å². The predicted octanol–water partition coefficient (Wildman–Crippen LogP) is 2.48. The van der Waals surface area contributed by atoms with E-state index in [2.05, 4.69) is 52.4 Å². The fraction of sp³-hybridized carbons (Fsp3) is 0.238. The Hall–Kier alpha value is -2.12. The van der Waals surface area contributed by atoms with Gasteiger partial charge in [0.25, 0.3) is 10.1 Å². The van der Waals surface area contributed by atoms with Gasteiger partial charge in [-0.3, -0.25) is 4.18 Å². The quantitative estimate of drug-likeness (QED) is 0.225. The van der Waals surface area contributed by atoms with Crippen LogP contribution in [0.25, 0.3) is 0 Å². The average Bonchev–Trinajstić information content (AvgIpc) is 2.85. The summed E-state index contributed by atoms with van der Waals surface area (Å²) in [5.74, 6) is 2.32. The van der Waals surface area contributed by atoms with E-state index in [0.29, 0.717) is 12.0 Å². The van der Waals surface area contributed by atoms with Gasteiger partial charge in [0.2, 0.25) is 0 Å². The maximum absolute atomic E-state index is 11.3. The van der Waals surface area contributed by atoms with Gasteiger partial charge in [0.1, 0.15) is 0 Å². The van der Waals surface area contributed by atoms with Gasteiger partial charge < -0.3 is 0 Å². The minimum atomic E-state index is -3.54. The number of hydrogen-bond acceptors (Lipinski definition) is 3. The van der Waals surface area contributed by atoms with E-state index in [1.54, 1.807) is 0 Å². The third-order valence-electron chi connectivity index (χ3n) is 2.83. The summed E-state index contributed by atoms with van der Waals surface area (Å²) in [6.07, 6.45) is 6.08. The SMILES string of the molecule is C#CC(=C)CC(OS(C)(=O)=O)C(C)c1ccccc1.[C-]#[O+].[C-]#[O+].[C-]#[O+].[C-]#[O+].[C-]#[O+].[C-]#[O+].[Co].[Co]. The minimum Gasteiger partial charge on any atom is 0 e. The molecule has 0 aliphatic carbocycles. The van der Waals surface area contributed by atoms with Crippen LogP contribution >= 0.6 is 0 Å². The molecule has 0 N–H and O–H groups in total. The molecule has 2 atom stereocenters. The zero-order valence-corrected chi connectivity index (χ0v) is 20.2. The number of terminal acetylenes is 1. The van der Waals surface area contributed by atoms with E-state index in [1.807, 2.05) is 37.3 Å². The van der Waals surface area contributed by atoms with Crippen LogP contribution in [0.2, 0.25) is 0 Å². The first-order chi connectivity index (χ1) is 14.8. The zero-order valence-electron chi connectivity index (χ0n) is 17.3. The summed E-state index contributed by atoms with van der Waals surface area (Å²) in [6.45, 7) is 32.6. The fourth-order valence-corrected chi connectivity index (χ4v) is 2.48. The van der Waals surface area contributed by atoms with Crippen molar-refractivity contribution in [1.29, 1.82) is 0 Å². The molecule has 9 nitrogen and oxygen atoms in total. The summed E-state index contributed by atoms with van der Waals surface area (Å²) < 4.78 is 72.8. The molecule has 12 heteroatoms. The van der Waals surface area contributed by atoms with Gasteiger partial charge in [-0.2, -0.15) is 8.42 Å². The van der Waals surface area contributed by atoms with Crippen molar-refractivity contribution >= 4 is 10.1 Å². The number of benzene rings is 1. The standard InChI is InChI=1S/C15H18O3S.6CO.2Co/c1-5-12(2)11-15(18-19(4,16)17)13(3)14-9-7-6-8-10-14;6*1-2;;/h1,6-10,13,15H,2,11H2,3-4H3;;;;;;;;. The van der Waals surface area contributed by atoms with E-state index in [1.165, 1.54) is 0 Å². The Morgan fingerprint density at radius 2 is 1.27 bits per heavy atom. The summed E-state index contributed by atoms with van der Waals surface area (Å²) >= 11 is 0. The van der Waals surface area contributed by atoms with E-state index < -0.39 is 16.2 Å². The molecule has 0 saturated carbocycles. The second kappa shape index (κ2) is 43.7. The van der Waals surface area contributed by atoms with E-state index in [4.69, 9.17) is 38.5 Å². The molecule has 1 aromatic rings. The van der Waals surface area contributed by atoms with Gasteiger partial charge in [0, 0.05) is 45.9 Å². The molecule has 0 amide bonds. The smallest absolute Gasteiger partial charge is 0 e. The summed E-state index contributed by atoms with van der Waals surface area (Å²) in [6, 6.07) is 9.57. The van der Waals surface area contributed by atoms with Crippen molar-refractivity contribution < 1.29 is 74.1 Å². The van der Waals surface area contributed by atoms with Crippen molar-refractivity contribution in [2.24, 2.45) is 0 Å². The number of rotatable bonds is 6. The van der Waals surface area contributed by atoms with Crippen LogP contribution in [0.1, 0.15) is 24.8 Å². The zero-order chi connectivity index (χ0) is 26.5. The third kappa shape index (κ3) is 37.5. The molecule has 0 heterocycles. The van der Waals surface area contributed by atoms with Gasteiger partial charge >= 0.3 is 67.8 Å². The van der Waals surface area contributed by atoms with Crippen molar-refractivity contribution in [2.45, 2.75) is 25.4 Å². The van der Waals surface area contributed by atoms with Gasteiger partial charge in [0.05, 0.1) is 12.4 Å². The molecule has 0 aromatic heterocycles. The minimum absolute atomic E-state index is 0. The summed E-state index contributed by atoms with van der Waals surface area (Å²) in [4.78, 5) is 0. The Morgan fingerprint density at radius 3 is 1.55 bits per heavy atom. The molecule has 0 fully saturated rings. The largest absolute Gasteiger partial charge is 0 e. The maximum atomic E-state index is 11.3. The van der Waals surface area contributed by atoms with Crippen molar-refractivity contribution in [2.75, 3.05) is 6.26 Å². The molecule has 33 heavy (non-hydrogen) atoms. The molecule has 0 bridgehead atoms. The molecular formula is C21H18Co2O9S. The summed E-state index contributed by atoms with van der Waals surface area (Å²) in [7, 11) is -3.54. The molecule has 180 valence electrons. The monoisotopic (exact) mass is 564 g/mol. The molecule has 2 unspecified atom stereocenters. The Bertz CT molecular complexity index is 785. The van der Waals surface area contributed by atoms with E-state index in [9.17, 15) is 8.42 Å². The van der Waals surface area contributed by atoms with E-state index in [0.717, 1.165) is 11.8 Å². The normalized spacial score (nSPS) is 8.64. The predicted molar refractivity (Wildman–Crippen MR) is 101 cm³/mol. The van der Waals surface area contributed by atoms with Crippen molar-refractivity contribution in [1.82, 2.24) is 0 Å². The average molecular weight is 564 g/mol. The Balaban J connectivity index is -0.0000000646. The van der Waals surface area contributed by atoms with Crippen LogP contribution in [0.3, 0.4) is 0 Å². The van der Waals surface area contributed by atoms with Crippen LogP contribution in [0.15, 0.2) is 42.5 Å². The first kappa shape index (κ1) is 52.7. The molecule has 2 radical (unpaired) electrons. The Morgan fingerprint density at radius 1 is 0.939 bits per heavy atom. The first-order valence-corrected chi connectivity index (χ1v) is 8.95. The number of hydrogen-bond donors (Lipinski definition) is 0. The van der Waals surface area contributed by atoms with Gasteiger partial charge in [-0.25, -0.2) is 0 Å². The molecule has 0 aliphatic heterocycles. The molecule has 0 saturated heterocycles. The molecule has 1 rings (SSSR count). The molecule has 1 aromatic carbocycles. The second-order valence-corrected chi connectivity index (χ2v) is 6.09. The molecule has 0 spiro atoms. The summed E-state index contributed by atoms with van der Waals surface area (Å²) in [5, 5.41) is 0. The van der Waals surface area contributed by atoms with Gasteiger partial charge in [-0.1, -0.05) is 49.8 Å². The van der Waals surface area contributed by atoms with Gasteiger partial charge in [-0.05, 0) is 11.1 Å².